The van der Waals surface area contributed by atoms with Gasteiger partial charge >= 0.3 is 0 Å². The molecule has 1 unspecified atom stereocenters. The quantitative estimate of drug-likeness (QED) is 0.282. The Bertz CT molecular complexity index is 1220. The molecule has 1 fully saturated rings. The van der Waals surface area contributed by atoms with E-state index in [1.54, 1.807) is 0 Å². The molecule has 2 aromatic heterocycles. The van der Waals surface area contributed by atoms with Gasteiger partial charge < -0.3 is 30.8 Å². The van der Waals surface area contributed by atoms with E-state index in [1.165, 1.54) is 0 Å². The van der Waals surface area contributed by atoms with Crippen molar-refractivity contribution in [1.29, 1.82) is 0 Å². The van der Waals surface area contributed by atoms with Gasteiger partial charge in [-0.3, -0.25) is 0 Å². The Morgan fingerprint density at radius 3 is 2.65 bits per heavy atom. The molecule has 1 saturated heterocycles. The van der Waals surface area contributed by atoms with Crippen LogP contribution in [-0.2, 0) is 17.7 Å². The van der Waals surface area contributed by atoms with Crippen LogP contribution in [0.1, 0.15) is 23.6 Å². The summed E-state index contributed by atoms with van der Waals surface area (Å²) < 4.78 is 7.65. The Balaban J connectivity index is 1.44. The largest absolute Gasteiger partial charge is 0.399 e. The molecule has 3 heterocycles. The van der Waals surface area contributed by atoms with Crippen molar-refractivity contribution in [3.05, 3.63) is 72.1 Å². The van der Waals surface area contributed by atoms with E-state index in [-0.39, 0.29) is 18.7 Å². The summed E-state index contributed by atoms with van der Waals surface area (Å²) in [6, 6.07) is 17.7. The van der Waals surface area contributed by atoms with Gasteiger partial charge in [-0.2, -0.15) is 9.97 Å². The number of ether oxygens (including phenoxy) is 1. The number of rotatable bonds is 9. The summed E-state index contributed by atoms with van der Waals surface area (Å²) in [5.41, 5.74) is 10.2. The van der Waals surface area contributed by atoms with Gasteiger partial charge in [-0.1, -0.05) is 42.5 Å². The highest BCUT2D eigenvalue weighted by Gasteiger charge is 2.23. The number of benzene rings is 2. The Hall–Kier alpha value is -3.69. The average Bonchev–Trinajstić information content (AvgIpc) is 3.54. The van der Waals surface area contributed by atoms with Crippen LogP contribution in [0.3, 0.4) is 0 Å². The number of aromatic nitrogens is 4. The van der Waals surface area contributed by atoms with Crippen LogP contribution in [-0.4, -0.2) is 50.5 Å². The van der Waals surface area contributed by atoms with Crippen LogP contribution in [0.15, 0.2) is 60.9 Å². The molecule has 0 saturated carbocycles. The zero-order valence-corrected chi connectivity index (χ0v) is 18.9. The van der Waals surface area contributed by atoms with Gasteiger partial charge in [0.1, 0.15) is 0 Å². The number of imidazole rings is 1. The summed E-state index contributed by atoms with van der Waals surface area (Å²) in [6.45, 7) is 1.89. The zero-order valence-electron chi connectivity index (χ0n) is 18.9. The van der Waals surface area contributed by atoms with Crippen LogP contribution < -0.4 is 16.4 Å². The second kappa shape index (κ2) is 10.1. The number of nitrogens with two attached hydrogens (primary N) is 1. The maximum absolute atomic E-state index is 10.0. The lowest BCUT2D eigenvalue weighted by Gasteiger charge is -2.18. The van der Waals surface area contributed by atoms with E-state index in [2.05, 4.69) is 20.2 Å². The van der Waals surface area contributed by atoms with E-state index in [9.17, 15) is 5.11 Å². The van der Waals surface area contributed by atoms with E-state index in [4.69, 9.17) is 20.4 Å². The number of hydrogen-bond donors (Lipinski definition) is 4. The summed E-state index contributed by atoms with van der Waals surface area (Å²) >= 11 is 0. The van der Waals surface area contributed by atoms with E-state index >= 15 is 0 Å². The highest BCUT2D eigenvalue weighted by atomic mass is 16.5. The van der Waals surface area contributed by atoms with Crippen molar-refractivity contribution >= 4 is 28.6 Å². The van der Waals surface area contributed by atoms with E-state index in [1.807, 2.05) is 60.9 Å². The van der Waals surface area contributed by atoms with E-state index in [0.29, 0.717) is 36.9 Å². The third-order valence-corrected chi connectivity index (χ3v) is 6.04. The van der Waals surface area contributed by atoms with Gasteiger partial charge in [-0.15, -0.1) is 0 Å². The molecule has 2 atom stereocenters. The molecule has 1 aliphatic rings. The molecule has 0 amide bonds. The smallest absolute Gasteiger partial charge is 0.227 e. The van der Waals surface area contributed by atoms with Crippen LogP contribution in [0.4, 0.5) is 17.5 Å². The SMILES string of the molecule is Nc1ccc(CNc2nc(N[C@H](CO)Cc3ccccc3)nc3c2ncn3C2CCOC2)cc1. The van der Waals surface area contributed by atoms with E-state index < -0.39 is 0 Å². The van der Waals surface area contributed by atoms with E-state index in [0.717, 1.165) is 35.5 Å². The minimum absolute atomic E-state index is 0.0415. The summed E-state index contributed by atoms with van der Waals surface area (Å²) in [5.74, 6) is 1.08. The molecule has 0 aliphatic carbocycles. The molecule has 9 nitrogen and oxygen atoms in total. The predicted molar refractivity (Wildman–Crippen MR) is 133 cm³/mol. The molecular weight excluding hydrogens is 430 g/mol. The van der Waals surface area contributed by atoms with Crippen molar-refractivity contribution in [3.8, 4) is 0 Å². The van der Waals surface area contributed by atoms with Crippen molar-refractivity contribution in [2.45, 2.75) is 31.5 Å². The highest BCUT2D eigenvalue weighted by Crippen LogP contribution is 2.27. The number of nitrogens with zero attached hydrogens (tertiary/aromatic N) is 4. The first-order valence-corrected chi connectivity index (χ1v) is 11.5. The number of aliphatic hydroxyl groups is 1. The van der Waals surface area contributed by atoms with Crippen molar-refractivity contribution < 1.29 is 9.84 Å². The molecule has 9 heteroatoms. The van der Waals surface area contributed by atoms with Crippen LogP contribution >= 0.6 is 0 Å². The molecule has 5 N–H and O–H groups in total. The first-order valence-electron chi connectivity index (χ1n) is 11.5. The zero-order chi connectivity index (χ0) is 23.3. The summed E-state index contributed by atoms with van der Waals surface area (Å²) in [5, 5.41) is 16.7. The molecular formula is C25H29N7O2. The Morgan fingerprint density at radius 1 is 1.09 bits per heavy atom. The van der Waals surface area contributed by atoms with Crippen molar-refractivity contribution in [1.82, 2.24) is 19.5 Å². The molecule has 0 bridgehead atoms. The Morgan fingerprint density at radius 2 is 1.91 bits per heavy atom. The van der Waals surface area contributed by atoms with Gasteiger partial charge in [0, 0.05) is 18.8 Å². The number of aliphatic hydroxyl groups excluding tert-OH is 1. The lowest BCUT2D eigenvalue weighted by Crippen LogP contribution is -2.27. The van der Waals surface area contributed by atoms with Gasteiger partial charge in [-0.25, -0.2) is 4.98 Å². The molecule has 0 spiro atoms. The highest BCUT2D eigenvalue weighted by molar-refractivity contribution is 5.84. The summed E-state index contributed by atoms with van der Waals surface area (Å²) in [7, 11) is 0. The number of anilines is 3. The van der Waals surface area contributed by atoms with Crippen LogP contribution in [0.2, 0.25) is 0 Å². The maximum atomic E-state index is 10.0. The molecule has 4 aromatic rings. The molecule has 34 heavy (non-hydrogen) atoms. The fourth-order valence-electron chi connectivity index (χ4n) is 4.18. The summed E-state index contributed by atoms with van der Waals surface area (Å²) in [6.07, 6.45) is 3.38. The van der Waals surface area contributed by atoms with Crippen molar-refractivity contribution in [2.24, 2.45) is 0 Å². The predicted octanol–water partition coefficient (Wildman–Crippen LogP) is 3.00. The van der Waals surface area contributed by atoms with Crippen molar-refractivity contribution in [3.63, 3.8) is 0 Å². The first-order chi connectivity index (χ1) is 16.7. The minimum atomic E-state index is -0.226. The number of fused-ring (bicyclic) bond motifs is 1. The molecule has 5 rings (SSSR count). The Kier molecular flexibility index (Phi) is 6.55. The monoisotopic (exact) mass is 459 g/mol. The van der Waals surface area contributed by atoms with Crippen molar-refractivity contribution in [2.75, 3.05) is 36.2 Å². The van der Waals surface area contributed by atoms with Gasteiger partial charge in [-0.05, 0) is 36.1 Å². The van der Waals surface area contributed by atoms with Crippen LogP contribution in [0.25, 0.3) is 11.2 Å². The Labute approximate surface area is 198 Å². The second-order valence-electron chi connectivity index (χ2n) is 8.55. The third kappa shape index (κ3) is 4.95. The van der Waals surface area contributed by atoms with Gasteiger partial charge in [0.15, 0.2) is 17.0 Å². The second-order valence-corrected chi connectivity index (χ2v) is 8.55. The van der Waals surface area contributed by atoms with Gasteiger partial charge in [0.2, 0.25) is 5.95 Å². The third-order valence-electron chi connectivity index (χ3n) is 6.04. The topological polar surface area (TPSA) is 123 Å². The standard InChI is InChI=1S/C25H29N7O2/c26-19-8-6-18(7-9-19)13-27-23-22-24(32(16-28-22)21-10-11-34-15-21)31-25(30-23)29-20(14-33)12-17-4-2-1-3-5-17/h1-9,16,20-21,33H,10-15,26H2,(H2,27,29,30,31)/t20-,21?/m0/s1. The molecule has 176 valence electrons. The number of hydrogen-bond acceptors (Lipinski definition) is 8. The fourth-order valence-corrected chi connectivity index (χ4v) is 4.18. The van der Waals surface area contributed by atoms with Gasteiger partial charge in [0.25, 0.3) is 0 Å². The minimum Gasteiger partial charge on any atom is -0.399 e. The first kappa shape index (κ1) is 22.1. The average molecular weight is 460 g/mol. The maximum Gasteiger partial charge on any atom is 0.227 e. The lowest BCUT2D eigenvalue weighted by atomic mass is 10.1. The molecule has 2 aromatic carbocycles. The fraction of sp³-hybridized carbons (Fsp3) is 0.320. The number of nitrogen functional groups attached to an aromatic ring is 1. The van der Waals surface area contributed by atoms with Crippen LogP contribution in [0, 0.1) is 0 Å². The molecule has 0 radical (unpaired) electrons. The molecule has 1 aliphatic heterocycles. The lowest BCUT2D eigenvalue weighted by molar-refractivity contribution is 0.187. The van der Waals surface area contributed by atoms with Crippen LogP contribution in [0.5, 0.6) is 0 Å². The summed E-state index contributed by atoms with van der Waals surface area (Å²) in [4.78, 5) is 14.1. The number of nitrogens with one attached hydrogen (secondary N) is 2. The normalized spacial score (nSPS) is 16.6. The van der Waals surface area contributed by atoms with Gasteiger partial charge in [0.05, 0.1) is 31.6 Å².